The van der Waals surface area contributed by atoms with E-state index in [1.807, 2.05) is 4.90 Å². The number of carbonyl (C=O) groups is 1. The molecule has 1 atom stereocenters. The second-order valence-corrected chi connectivity index (χ2v) is 3.63. The Morgan fingerprint density at radius 2 is 2.50 bits per heavy atom. The number of thiocarbonyl (C=S) groups is 1. The number of rotatable bonds is 3. The van der Waals surface area contributed by atoms with Gasteiger partial charge in [0.25, 0.3) is 0 Å². The first-order valence-corrected chi connectivity index (χ1v) is 4.92. The van der Waals surface area contributed by atoms with Gasteiger partial charge in [0.05, 0.1) is 5.92 Å². The van der Waals surface area contributed by atoms with E-state index in [9.17, 15) is 4.79 Å². The highest BCUT2D eigenvalue weighted by atomic mass is 32.1. The maximum absolute atomic E-state index is 10.7. The van der Waals surface area contributed by atoms with Gasteiger partial charge >= 0.3 is 5.97 Å². The fourth-order valence-electron chi connectivity index (χ4n) is 1.42. The van der Waals surface area contributed by atoms with Crippen molar-refractivity contribution in [1.29, 1.82) is 0 Å². The number of hydrogen-bond acceptors (Lipinski definition) is 2. The van der Waals surface area contributed by atoms with E-state index < -0.39 is 5.97 Å². The van der Waals surface area contributed by atoms with Crippen LogP contribution in [0.3, 0.4) is 0 Å². The van der Waals surface area contributed by atoms with Gasteiger partial charge < -0.3 is 15.3 Å². The topological polar surface area (TPSA) is 52.6 Å². The average Bonchev–Trinajstić information content (AvgIpc) is 2.62. The molecule has 1 heterocycles. The smallest absolute Gasteiger partial charge is 0.308 e. The Kier molecular flexibility index (Phi) is 3.88. The van der Waals surface area contributed by atoms with E-state index in [0.29, 0.717) is 24.6 Å². The molecule has 1 fully saturated rings. The molecule has 2 N–H and O–H groups in total. The van der Waals surface area contributed by atoms with Crippen LogP contribution in [-0.4, -0.2) is 40.7 Å². The number of carboxylic acid groups (broad SMARTS) is 1. The molecule has 0 aromatic rings. The summed E-state index contributed by atoms with van der Waals surface area (Å²) in [5.41, 5.74) is 0. The van der Waals surface area contributed by atoms with E-state index >= 15 is 0 Å². The van der Waals surface area contributed by atoms with Crippen LogP contribution in [0, 0.1) is 5.92 Å². The molecule has 1 saturated heterocycles. The lowest BCUT2D eigenvalue weighted by molar-refractivity contribution is -0.141. The van der Waals surface area contributed by atoms with Gasteiger partial charge in [0, 0.05) is 19.6 Å². The van der Waals surface area contributed by atoms with E-state index in [1.165, 1.54) is 0 Å². The zero-order chi connectivity index (χ0) is 10.6. The van der Waals surface area contributed by atoms with Crippen LogP contribution in [0.1, 0.15) is 6.42 Å². The number of nitrogens with zero attached hydrogens (tertiary/aromatic N) is 1. The highest BCUT2D eigenvalue weighted by Gasteiger charge is 2.28. The van der Waals surface area contributed by atoms with Crippen LogP contribution in [-0.2, 0) is 4.79 Å². The Hall–Kier alpha value is -1.10. The summed E-state index contributed by atoms with van der Waals surface area (Å²) in [5, 5.41) is 12.4. The largest absolute Gasteiger partial charge is 0.481 e. The van der Waals surface area contributed by atoms with Crippen molar-refractivity contribution in [3.05, 3.63) is 12.7 Å². The molecule has 78 valence electrons. The molecular formula is C9H14N2O2S. The van der Waals surface area contributed by atoms with Gasteiger partial charge in [0.2, 0.25) is 0 Å². The van der Waals surface area contributed by atoms with Crippen LogP contribution >= 0.6 is 12.2 Å². The minimum atomic E-state index is -0.737. The monoisotopic (exact) mass is 214 g/mol. The molecule has 0 saturated carbocycles. The van der Waals surface area contributed by atoms with E-state index in [0.717, 1.165) is 6.54 Å². The second-order valence-electron chi connectivity index (χ2n) is 3.24. The van der Waals surface area contributed by atoms with E-state index in [4.69, 9.17) is 17.3 Å². The third-order valence-corrected chi connectivity index (χ3v) is 2.62. The molecule has 0 spiro atoms. The summed E-state index contributed by atoms with van der Waals surface area (Å²) < 4.78 is 0. The highest BCUT2D eigenvalue weighted by Crippen LogP contribution is 2.15. The van der Waals surface area contributed by atoms with Crippen molar-refractivity contribution < 1.29 is 9.90 Å². The molecule has 1 aliphatic heterocycles. The first kappa shape index (κ1) is 11.0. The first-order chi connectivity index (χ1) is 6.65. The molecule has 4 nitrogen and oxygen atoms in total. The molecule has 14 heavy (non-hydrogen) atoms. The van der Waals surface area contributed by atoms with Crippen molar-refractivity contribution in [3.63, 3.8) is 0 Å². The van der Waals surface area contributed by atoms with Crippen LogP contribution in [0.5, 0.6) is 0 Å². The lowest BCUT2D eigenvalue weighted by Gasteiger charge is -2.19. The Bertz CT molecular complexity index is 255. The summed E-state index contributed by atoms with van der Waals surface area (Å²) in [6, 6.07) is 0. The maximum Gasteiger partial charge on any atom is 0.308 e. The third kappa shape index (κ3) is 2.70. The fourth-order valence-corrected chi connectivity index (χ4v) is 1.67. The number of aliphatic carboxylic acids is 1. The molecule has 0 amide bonds. The minimum Gasteiger partial charge on any atom is -0.481 e. The van der Waals surface area contributed by atoms with Crippen LogP contribution in [0.15, 0.2) is 12.7 Å². The van der Waals surface area contributed by atoms with Crippen molar-refractivity contribution in [2.45, 2.75) is 6.42 Å². The first-order valence-electron chi connectivity index (χ1n) is 4.51. The Morgan fingerprint density at radius 1 is 1.79 bits per heavy atom. The zero-order valence-electron chi connectivity index (χ0n) is 7.90. The highest BCUT2D eigenvalue weighted by molar-refractivity contribution is 7.80. The normalized spacial score (nSPS) is 20.6. The lowest BCUT2D eigenvalue weighted by atomic mass is 10.1. The molecule has 1 unspecified atom stereocenters. The summed E-state index contributed by atoms with van der Waals surface area (Å²) in [5.74, 6) is -1.02. The van der Waals surface area contributed by atoms with Crippen LogP contribution in [0.2, 0.25) is 0 Å². The van der Waals surface area contributed by atoms with Gasteiger partial charge in [-0.1, -0.05) is 6.08 Å². The van der Waals surface area contributed by atoms with Gasteiger partial charge in [-0.2, -0.15) is 0 Å². The van der Waals surface area contributed by atoms with Gasteiger partial charge in [-0.15, -0.1) is 6.58 Å². The maximum atomic E-state index is 10.7. The second kappa shape index (κ2) is 4.95. The molecular weight excluding hydrogens is 200 g/mol. The summed E-state index contributed by atoms with van der Waals surface area (Å²) >= 11 is 5.09. The molecule has 5 heteroatoms. The van der Waals surface area contributed by atoms with Crippen LogP contribution in [0.25, 0.3) is 0 Å². The molecule has 0 aromatic heterocycles. The Morgan fingerprint density at radius 3 is 3.00 bits per heavy atom. The zero-order valence-corrected chi connectivity index (χ0v) is 8.72. The molecule has 0 bridgehead atoms. The van der Waals surface area contributed by atoms with Crippen molar-refractivity contribution in [2.24, 2.45) is 5.92 Å². The van der Waals surface area contributed by atoms with Gasteiger partial charge in [-0.05, 0) is 18.6 Å². The number of nitrogens with one attached hydrogen (secondary N) is 1. The van der Waals surface area contributed by atoms with Crippen molar-refractivity contribution in [1.82, 2.24) is 10.2 Å². The molecule has 0 aromatic carbocycles. The third-order valence-electron chi connectivity index (χ3n) is 2.22. The SMILES string of the molecule is C=CCNC(=S)N1CCC(C(=O)O)C1. The Labute approximate surface area is 88.6 Å². The summed E-state index contributed by atoms with van der Waals surface area (Å²) in [7, 11) is 0. The standard InChI is InChI=1S/C9H14N2O2S/c1-2-4-10-9(14)11-5-3-7(6-11)8(12)13/h2,7H,1,3-6H2,(H,10,14)(H,12,13). The van der Waals surface area contributed by atoms with E-state index in [-0.39, 0.29) is 5.92 Å². The van der Waals surface area contributed by atoms with Gasteiger partial charge in [-0.25, -0.2) is 0 Å². The molecule has 1 aliphatic rings. The lowest BCUT2D eigenvalue weighted by Crippen LogP contribution is -2.38. The number of hydrogen-bond donors (Lipinski definition) is 2. The van der Waals surface area contributed by atoms with Crippen molar-refractivity contribution in [2.75, 3.05) is 19.6 Å². The van der Waals surface area contributed by atoms with Gasteiger partial charge in [-0.3, -0.25) is 4.79 Å². The van der Waals surface area contributed by atoms with Gasteiger partial charge in [0.1, 0.15) is 0 Å². The average molecular weight is 214 g/mol. The molecule has 0 aliphatic carbocycles. The van der Waals surface area contributed by atoms with Crippen molar-refractivity contribution >= 4 is 23.3 Å². The molecule has 1 rings (SSSR count). The van der Waals surface area contributed by atoms with Crippen molar-refractivity contribution in [3.8, 4) is 0 Å². The summed E-state index contributed by atoms with van der Waals surface area (Å²) in [6.07, 6.45) is 2.39. The quantitative estimate of drug-likeness (QED) is 0.528. The van der Waals surface area contributed by atoms with Crippen LogP contribution in [0.4, 0.5) is 0 Å². The predicted octanol–water partition coefficient (Wildman–Crippen LogP) is 0.453. The number of carboxylic acids is 1. The van der Waals surface area contributed by atoms with E-state index in [1.54, 1.807) is 6.08 Å². The molecule has 0 radical (unpaired) electrons. The number of likely N-dealkylation sites (tertiary alicyclic amines) is 1. The fraction of sp³-hybridized carbons (Fsp3) is 0.556. The minimum absolute atomic E-state index is 0.279. The van der Waals surface area contributed by atoms with E-state index in [2.05, 4.69) is 11.9 Å². The Balaban J connectivity index is 2.37. The van der Waals surface area contributed by atoms with Gasteiger partial charge in [0.15, 0.2) is 5.11 Å². The predicted molar refractivity (Wildman–Crippen MR) is 58.1 cm³/mol. The summed E-state index contributed by atoms with van der Waals surface area (Å²) in [6.45, 7) is 5.42. The summed E-state index contributed by atoms with van der Waals surface area (Å²) in [4.78, 5) is 12.6. The van der Waals surface area contributed by atoms with Crippen LogP contribution < -0.4 is 5.32 Å².